The molecule has 3 N–H and O–H groups in total. The zero-order valence-electron chi connectivity index (χ0n) is 13.5. The summed E-state index contributed by atoms with van der Waals surface area (Å²) in [6.45, 7) is 7.58. The summed E-state index contributed by atoms with van der Waals surface area (Å²) in [4.78, 5) is 4.83. The van der Waals surface area contributed by atoms with E-state index in [1.165, 1.54) is 24.2 Å². The Kier molecular flexibility index (Phi) is 6.33. The van der Waals surface area contributed by atoms with Crippen molar-refractivity contribution < 1.29 is 0 Å². The molecule has 1 heterocycles. The van der Waals surface area contributed by atoms with Crippen LogP contribution < -0.4 is 16.0 Å². The van der Waals surface area contributed by atoms with Crippen molar-refractivity contribution in [1.29, 1.82) is 0 Å². The van der Waals surface area contributed by atoms with E-state index in [1.54, 1.807) is 0 Å². The Morgan fingerprint density at radius 3 is 2.43 bits per heavy atom. The Hall–Kier alpha value is -1.26. The molecule has 1 aromatic rings. The van der Waals surface area contributed by atoms with Crippen LogP contribution in [0.3, 0.4) is 0 Å². The topological polar surface area (TPSA) is 44.5 Å². The molecule has 118 valence electrons. The fourth-order valence-corrected chi connectivity index (χ4v) is 2.67. The lowest BCUT2D eigenvalue weighted by Crippen LogP contribution is -2.44. The van der Waals surface area contributed by atoms with Crippen LogP contribution in [-0.2, 0) is 0 Å². The number of rotatable bonds is 7. The van der Waals surface area contributed by atoms with Gasteiger partial charge in [-0.25, -0.2) is 0 Å². The predicted molar refractivity (Wildman–Crippen MR) is 92.1 cm³/mol. The number of benzene rings is 1. The van der Waals surface area contributed by atoms with Crippen LogP contribution in [0.5, 0.6) is 0 Å². The molecule has 4 heteroatoms. The summed E-state index contributed by atoms with van der Waals surface area (Å²) >= 11 is 0. The molecular weight excluding hydrogens is 260 g/mol. The summed E-state index contributed by atoms with van der Waals surface area (Å²) in [7, 11) is 2.19. The molecule has 0 radical (unpaired) electrons. The van der Waals surface area contributed by atoms with Gasteiger partial charge in [0.2, 0.25) is 0 Å². The van der Waals surface area contributed by atoms with E-state index in [1.807, 2.05) is 0 Å². The van der Waals surface area contributed by atoms with Gasteiger partial charge in [0.15, 0.2) is 0 Å². The van der Waals surface area contributed by atoms with Crippen LogP contribution in [0.2, 0.25) is 0 Å². The lowest BCUT2D eigenvalue weighted by molar-refractivity contribution is 0.313. The third-order valence-electron chi connectivity index (χ3n) is 4.23. The second-order valence-electron chi connectivity index (χ2n) is 6.12. The standard InChI is InChI=1S/C17H30N4/c1-3-4-5-15(18)14-19-16-6-8-17(9-7-16)21-12-10-20(2)11-13-21/h6-9,15,19H,3-5,10-14,18H2,1-2H3/t15-/m0/s1. The molecule has 0 aromatic heterocycles. The predicted octanol–water partition coefficient (Wildman–Crippen LogP) is 2.37. The molecule has 0 unspecified atom stereocenters. The minimum atomic E-state index is 0.252. The summed E-state index contributed by atoms with van der Waals surface area (Å²) in [5.41, 5.74) is 8.58. The van der Waals surface area contributed by atoms with E-state index in [0.29, 0.717) is 0 Å². The molecule has 4 nitrogen and oxygen atoms in total. The normalized spacial score (nSPS) is 17.8. The number of hydrogen-bond acceptors (Lipinski definition) is 4. The second kappa shape index (κ2) is 8.25. The zero-order valence-corrected chi connectivity index (χ0v) is 13.5. The van der Waals surface area contributed by atoms with Gasteiger partial charge in [-0.2, -0.15) is 0 Å². The van der Waals surface area contributed by atoms with Crippen molar-refractivity contribution in [3.63, 3.8) is 0 Å². The second-order valence-corrected chi connectivity index (χ2v) is 6.12. The first-order valence-corrected chi connectivity index (χ1v) is 8.22. The average Bonchev–Trinajstić information content (AvgIpc) is 2.52. The van der Waals surface area contributed by atoms with Gasteiger partial charge in [0.1, 0.15) is 0 Å². The summed E-state index contributed by atoms with van der Waals surface area (Å²) in [6.07, 6.45) is 3.53. The highest BCUT2D eigenvalue weighted by molar-refractivity contribution is 5.55. The lowest BCUT2D eigenvalue weighted by Gasteiger charge is -2.34. The molecular formula is C17H30N4. The van der Waals surface area contributed by atoms with Gasteiger partial charge in [-0.1, -0.05) is 19.8 Å². The highest BCUT2D eigenvalue weighted by Gasteiger charge is 2.13. The summed E-state index contributed by atoms with van der Waals surface area (Å²) in [5.74, 6) is 0. The number of nitrogens with two attached hydrogens (primary N) is 1. The van der Waals surface area contributed by atoms with Crippen molar-refractivity contribution in [2.24, 2.45) is 5.73 Å². The van der Waals surface area contributed by atoms with Crippen LogP contribution in [0.15, 0.2) is 24.3 Å². The van der Waals surface area contributed by atoms with Gasteiger partial charge in [0.25, 0.3) is 0 Å². The highest BCUT2D eigenvalue weighted by Crippen LogP contribution is 2.19. The molecule has 0 spiro atoms. The first kappa shape index (κ1) is 16.1. The van der Waals surface area contributed by atoms with Crippen molar-refractivity contribution in [2.45, 2.75) is 32.2 Å². The van der Waals surface area contributed by atoms with E-state index >= 15 is 0 Å². The van der Waals surface area contributed by atoms with Gasteiger partial charge in [0.05, 0.1) is 0 Å². The molecule has 0 bridgehead atoms. The highest BCUT2D eigenvalue weighted by atomic mass is 15.2. The number of nitrogens with zero attached hydrogens (tertiary/aromatic N) is 2. The lowest BCUT2D eigenvalue weighted by atomic mass is 10.1. The van der Waals surface area contributed by atoms with E-state index in [-0.39, 0.29) is 6.04 Å². The number of anilines is 2. The van der Waals surface area contributed by atoms with E-state index in [2.05, 4.69) is 53.4 Å². The molecule has 0 aliphatic carbocycles. The molecule has 21 heavy (non-hydrogen) atoms. The number of likely N-dealkylation sites (N-methyl/N-ethyl adjacent to an activating group) is 1. The van der Waals surface area contributed by atoms with Crippen molar-refractivity contribution in [1.82, 2.24) is 4.90 Å². The first-order valence-electron chi connectivity index (χ1n) is 8.22. The van der Waals surface area contributed by atoms with Crippen LogP contribution in [0, 0.1) is 0 Å². The van der Waals surface area contributed by atoms with Gasteiger partial charge < -0.3 is 20.9 Å². The number of unbranched alkanes of at least 4 members (excludes halogenated alkanes) is 1. The monoisotopic (exact) mass is 290 g/mol. The third-order valence-corrected chi connectivity index (χ3v) is 4.23. The van der Waals surface area contributed by atoms with Gasteiger partial charge in [-0.15, -0.1) is 0 Å². The molecule has 1 aliphatic heterocycles. The largest absolute Gasteiger partial charge is 0.383 e. The number of hydrogen-bond donors (Lipinski definition) is 2. The maximum Gasteiger partial charge on any atom is 0.0368 e. The van der Waals surface area contributed by atoms with Crippen LogP contribution in [0.25, 0.3) is 0 Å². The Labute approximate surface area is 129 Å². The minimum absolute atomic E-state index is 0.252. The molecule has 1 atom stereocenters. The molecule has 1 aliphatic rings. The van der Waals surface area contributed by atoms with Gasteiger partial charge >= 0.3 is 0 Å². The Balaban J connectivity index is 1.79. The van der Waals surface area contributed by atoms with Gasteiger partial charge in [0, 0.05) is 50.1 Å². The fraction of sp³-hybridized carbons (Fsp3) is 0.647. The molecule has 0 amide bonds. The van der Waals surface area contributed by atoms with E-state index in [0.717, 1.165) is 39.1 Å². The molecule has 0 saturated carbocycles. The number of piperazine rings is 1. The minimum Gasteiger partial charge on any atom is -0.383 e. The number of nitrogens with one attached hydrogen (secondary N) is 1. The summed E-state index contributed by atoms with van der Waals surface area (Å²) < 4.78 is 0. The van der Waals surface area contributed by atoms with Crippen molar-refractivity contribution >= 4 is 11.4 Å². The smallest absolute Gasteiger partial charge is 0.0368 e. The van der Waals surface area contributed by atoms with Crippen LogP contribution >= 0.6 is 0 Å². The van der Waals surface area contributed by atoms with Crippen LogP contribution in [0.1, 0.15) is 26.2 Å². The van der Waals surface area contributed by atoms with Gasteiger partial charge in [-0.05, 0) is 37.7 Å². The maximum absolute atomic E-state index is 6.09. The summed E-state index contributed by atoms with van der Waals surface area (Å²) in [5, 5.41) is 3.44. The molecule has 2 rings (SSSR count). The van der Waals surface area contributed by atoms with Crippen LogP contribution in [0.4, 0.5) is 11.4 Å². The maximum atomic E-state index is 6.09. The van der Waals surface area contributed by atoms with Crippen LogP contribution in [-0.4, -0.2) is 50.7 Å². The van der Waals surface area contributed by atoms with Crippen molar-refractivity contribution in [3.05, 3.63) is 24.3 Å². The first-order chi connectivity index (χ1) is 10.2. The fourth-order valence-electron chi connectivity index (χ4n) is 2.67. The van der Waals surface area contributed by atoms with Crippen molar-refractivity contribution in [3.8, 4) is 0 Å². The quantitative estimate of drug-likeness (QED) is 0.809. The SMILES string of the molecule is CCCC[C@H](N)CNc1ccc(N2CCN(C)CC2)cc1. The average molecular weight is 290 g/mol. The summed E-state index contributed by atoms with van der Waals surface area (Å²) in [6, 6.07) is 9.01. The Morgan fingerprint density at radius 2 is 1.81 bits per heavy atom. The Bertz CT molecular complexity index is 396. The zero-order chi connectivity index (χ0) is 15.1. The molecule has 1 fully saturated rings. The molecule has 1 aromatic carbocycles. The van der Waals surface area contributed by atoms with Crippen molar-refractivity contribution in [2.75, 3.05) is 50.0 Å². The Morgan fingerprint density at radius 1 is 1.14 bits per heavy atom. The van der Waals surface area contributed by atoms with E-state index in [9.17, 15) is 0 Å². The third kappa shape index (κ3) is 5.21. The molecule has 1 saturated heterocycles. The van der Waals surface area contributed by atoms with E-state index < -0.39 is 0 Å². The van der Waals surface area contributed by atoms with Gasteiger partial charge in [-0.3, -0.25) is 0 Å². The van der Waals surface area contributed by atoms with E-state index in [4.69, 9.17) is 5.73 Å².